The van der Waals surface area contributed by atoms with Crippen molar-refractivity contribution < 1.29 is 4.79 Å². The van der Waals surface area contributed by atoms with Gasteiger partial charge in [0.05, 0.1) is 6.04 Å². The number of rotatable bonds is 6. The summed E-state index contributed by atoms with van der Waals surface area (Å²) in [5.74, 6) is 0.212. The fourth-order valence-corrected chi connectivity index (χ4v) is 3.28. The van der Waals surface area contributed by atoms with Gasteiger partial charge in [0.1, 0.15) is 0 Å². The van der Waals surface area contributed by atoms with Crippen LogP contribution in [0.25, 0.3) is 21.8 Å². The van der Waals surface area contributed by atoms with E-state index < -0.39 is 0 Å². The van der Waals surface area contributed by atoms with E-state index in [1.54, 1.807) is 6.92 Å². The normalized spacial score (nSPS) is 12.8. The maximum absolute atomic E-state index is 12.3. The highest BCUT2D eigenvalue weighted by atomic mass is 16.1. The summed E-state index contributed by atoms with van der Waals surface area (Å²) in [6.07, 6.45) is 2.78. The number of carbonyl (C=O) groups is 1. The zero-order valence-corrected chi connectivity index (χ0v) is 13.0. The summed E-state index contributed by atoms with van der Waals surface area (Å²) in [5, 5.41) is 2.42. The van der Waals surface area contributed by atoms with E-state index >= 15 is 0 Å². The second-order valence-electron chi connectivity index (χ2n) is 5.82. The number of aromatic nitrogens is 1. The van der Waals surface area contributed by atoms with Crippen molar-refractivity contribution in [2.45, 2.75) is 32.2 Å². The van der Waals surface area contributed by atoms with Gasteiger partial charge in [-0.3, -0.25) is 4.79 Å². The molecule has 0 fully saturated rings. The van der Waals surface area contributed by atoms with Gasteiger partial charge >= 0.3 is 0 Å². The summed E-state index contributed by atoms with van der Waals surface area (Å²) in [5.41, 5.74) is 7.87. The van der Waals surface area contributed by atoms with Crippen LogP contribution in [0.2, 0.25) is 0 Å². The molecule has 3 nitrogen and oxygen atoms in total. The number of ketones is 1. The highest BCUT2D eigenvalue weighted by Crippen LogP contribution is 2.33. The minimum absolute atomic E-state index is 0.114. The van der Waals surface area contributed by atoms with Gasteiger partial charge in [-0.05, 0) is 44.9 Å². The van der Waals surface area contributed by atoms with Crippen LogP contribution in [0.4, 0.5) is 0 Å². The molecule has 0 saturated heterocycles. The Labute approximate surface area is 130 Å². The maximum Gasteiger partial charge on any atom is 0.152 e. The second kappa shape index (κ2) is 6.32. The van der Waals surface area contributed by atoms with Crippen LogP contribution in [0.1, 0.15) is 32.2 Å². The van der Waals surface area contributed by atoms with Crippen molar-refractivity contribution in [3.63, 3.8) is 0 Å². The first-order chi connectivity index (χ1) is 10.7. The topological polar surface area (TPSA) is 48.0 Å². The molecule has 0 aliphatic heterocycles. The number of para-hydroxylation sites is 2. The van der Waals surface area contributed by atoms with E-state index in [1.165, 1.54) is 10.8 Å². The van der Waals surface area contributed by atoms with Gasteiger partial charge in [-0.1, -0.05) is 36.4 Å². The number of nitrogens with zero attached hydrogens (tertiary/aromatic N) is 1. The molecule has 0 aliphatic rings. The summed E-state index contributed by atoms with van der Waals surface area (Å²) in [6.45, 7) is 2.37. The van der Waals surface area contributed by atoms with Crippen LogP contribution < -0.4 is 5.73 Å². The molecule has 0 amide bonds. The van der Waals surface area contributed by atoms with Crippen molar-refractivity contribution >= 4 is 27.6 Å². The Morgan fingerprint density at radius 1 is 1.00 bits per heavy atom. The lowest BCUT2D eigenvalue weighted by Crippen LogP contribution is -2.17. The van der Waals surface area contributed by atoms with Crippen molar-refractivity contribution in [3.8, 4) is 0 Å². The summed E-state index contributed by atoms with van der Waals surface area (Å²) < 4.78 is 2.21. The van der Waals surface area contributed by atoms with Gasteiger partial charge in [-0.2, -0.15) is 0 Å². The molecule has 0 bridgehead atoms. The van der Waals surface area contributed by atoms with Crippen molar-refractivity contribution in [1.29, 1.82) is 0 Å². The number of carbonyl (C=O) groups excluding carboxylic acids is 1. The van der Waals surface area contributed by atoms with Gasteiger partial charge in [0.25, 0.3) is 0 Å². The van der Waals surface area contributed by atoms with Crippen LogP contribution in [0.15, 0.2) is 48.5 Å². The van der Waals surface area contributed by atoms with E-state index in [9.17, 15) is 4.79 Å². The lowest BCUT2D eigenvalue weighted by molar-refractivity contribution is -0.120. The van der Waals surface area contributed by atoms with Crippen molar-refractivity contribution in [3.05, 3.63) is 48.5 Å². The number of nitrogens with two attached hydrogens (primary N) is 1. The molecule has 0 saturated carbocycles. The predicted molar refractivity (Wildman–Crippen MR) is 92.1 cm³/mol. The van der Waals surface area contributed by atoms with Gasteiger partial charge in [-0.25, -0.2) is 0 Å². The number of hydrogen-bond acceptors (Lipinski definition) is 2. The van der Waals surface area contributed by atoms with E-state index in [0.29, 0.717) is 6.54 Å². The average Bonchev–Trinajstić information content (AvgIpc) is 2.86. The molecule has 0 unspecified atom stereocenters. The average molecular weight is 294 g/mol. The second-order valence-corrected chi connectivity index (χ2v) is 5.82. The van der Waals surface area contributed by atoms with Crippen LogP contribution in [0.3, 0.4) is 0 Å². The lowest BCUT2D eigenvalue weighted by Gasteiger charge is -2.18. The molecule has 3 rings (SSSR count). The van der Waals surface area contributed by atoms with Crippen molar-refractivity contribution in [1.82, 2.24) is 4.57 Å². The quantitative estimate of drug-likeness (QED) is 0.697. The Morgan fingerprint density at radius 3 is 2.05 bits per heavy atom. The third-order valence-electron chi connectivity index (χ3n) is 4.33. The molecule has 2 aromatic carbocycles. The third kappa shape index (κ3) is 2.53. The Hall–Kier alpha value is -2.13. The van der Waals surface area contributed by atoms with Crippen LogP contribution >= 0.6 is 0 Å². The molecule has 1 heterocycles. The largest absolute Gasteiger partial charge is 0.330 e. The highest BCUT2D eigenvalue weighted by Gasteiger charge is 2.21. The monoisotopic (exact) mass is 294 g/mol. The van der Waals surface area contributed by atoms with Crippen LogP contribution in [0, 0.1) is 0 Å². The molecule has 1 atom stereocenters. The number of Topliss-reactive ketones (excluding diaryl/α,β-unsaturated/α-hetero) is 1. The van der Waals surface area contributed by atoms with E-state index in [2.05, 4.69) is 41.0 Å². The molecule has 3 aromatic rings. The first-order valence-electron chi connectivity index (χ1n) is 7.92. The zero-order valence-electron chi connectivity index (χ0n) is 13.0. The Bertz CT molecular complexity index is 750. The minimum Gasteiger partial charge on any atom is -0.330 e. The van der Waals surface area contributed by atoms with Crippen molar-refractivity contribution in [2.75, 3.05) is 6.54 Å². The predicted octanol–water partition coefficient (Wildman–Crippen LogP) is 4.05. The molecular formula is C19H22N2O. The molecule has 1 aromatic heterocycles. The third-order valence-corrected chi connectivity index (χ3v) is 4.33. The van der Waals surface area contributed by atoms with E-state index in [0.717, 1.165) is 30.3 Å². The van der Waals surface area contributed by atoms with Gasteiger partial charge in [0.2, 0.25) is 0 Å². The zero-order chi connectivity index (χ0) is 15.5. The maximum atomic E-state index is 12.3. The number of fused-ring (bicyclic) bond motifs is 3. The molecular weight excluding hydrogens is 272 g/mol. The Balaban J connectivity index is 2.19. The smallest absolute Gasteiger partial charge is 0.152 e. The van der Waals surface area contributed by atoms with Crippen LogP contribution in [0.5, 0.6) is 0 Å². The lowest BCUT2D eigenvalue weighted by atomic mass is 10.1. The van der Waals surface area contributed by atoms with Gasteiger partial charge < -0.3 is 10.3 Å². The first-order valence-corrected chi connectivity index (χ1v) is 7.92. The Morgan fingerprint density at radius 2 is 1.55 bits per heavy atom. The van der Waals surface area contributed by atoms with E-state index in [4.69, 9.17) is 5.73 Å². The minimum atomic E-state index is -0.114. The molecule has 114 valence electrons. The van der Waals surface area contributed by atoms with Crippen LogP contribution in [-0.2, 0) is 4.79 Å². The molecule has 2 N–H and O–H groups in total. The highest BCUT2D eigenvalue weighted by molar-refractivity contribution is 6.08. The number of benzene rings is 2. The summed E-state index contributed by atoms with van der Waals surface area (Å²) >= 11 is 0. The van der Waals surface area contributed by atoms with Crippen molar-refractivity contribution in [2.24, 2.45) is 5.73 Å². The van der Waals surface area contributed by atoms with E-state index in [-0.39, 0.29) is 11.8 Å². The van der Waals surface area contributed by atoms with Gasteiger partial charge in [0.15, 0.2) is 5.78 Å². The SMILES string of the molecule is CC(=O)[C@H](CCCCN)n1c2ccccc2c2ccccc21. The molecule has 0 spiro atoms. The standard InChI is InChI=1S/C19H22N2O/c1-14(22)17(10-6-7-13-20)21-18-11-4-2-8-15(18)16-9-3-5-12-19(16)21/h2-5,8-9,11-12,17H,6-7,10,13,20H2,1H3/t17-/m0/s1. The van der Waals surface area contributed by atoms with E-state index in [1.807, 2.05) is 12.1 Å². The summed E-state index contributed by atoms with van der Waals surface area (Å²) in [6, 6.07) is 16.5. The molecule has 22 heavy (non-hydrogen) atoms. The molecule has 3 heteroatoms. The molecule has 0 radical (unpaired) electrons. The fourth-order valence-electron chi connectivity index (χ4n) is 3.28. The van der Waals surface area contributed by atoms with Gasteiger partial charge in [-0.15, -0.1) is 0 Å². The number of hydrogen-bond donors (Lipinski definition) is 1. The van der Waals surface area contributed by atoms with Gasteiger partial charge in [0, 0.05) is 21.8 Å². The van der Waals surface area contributed by atoms with Crippen LogP contribution in [-0.4, -0.2) is 16.9 Å². The number of unbranched alkanes of at least 4 members (excludes halogenated alkanes) is 1. The first kappa shape index (κ1) is 14.8. The summed E-state index contributed by atoms with van der Waals surface area (Å²) in [7, 11) is 0. The Kier molecular flexibility index (Phi) is 4.25. The summed E-state index contributed by atoms with van der Waals surface area (Å²) in [4.78, 5) is 12.3. The fraction of sp³-hybridized carbons (Fsp3) is 0.316. The molecule has 0 aliphatic carbocycles.